The Labute approximate surface area is 159 Å². The van der Waals surface area contributed by atoms with Gasteiger partial charge in [0.25, 0.3) is 5.91 Å². The quantitative estimate of drug-likeness (QED) is 0.539. The van der Waals surface area contributed by atoms with Gasteiger partial charge in [0.05, 0.1) is 16.9 Å². The zero-order valence-electron chi connectivity index (χ0n) is 12.9. The van der Waals surface area contributed by atoms with Crippen LogP contribution in [0.2, 0.25) is 5.02 Å². The molecule has 134 valence electrons. The van der Waals surface area contributed by atoms with Crippen molar-refractivity contribution in [3.8, 4) is 11.3 Å². The first-order chi connectivity index (χ1) is 12.2. The van der Waals surface area contributed by atoms with E-state index in [0.717, 1.165) is 22.2 Å². The van der Waals surface area contributed by atoms with E-state index in [2.05, 4.69) is 31.4 Å². The second-order valence-corrected chi connectivity index (χ2v) is 6.67. The lowest BCUT2D eigenvalue weighted by molar-refractivity contribution is -0.136. The molecule has 0 bridgehead atoms. The summed E-state index contributed by atoms with van der Waals surface area (Å²) in [5, 5.41) is 8.71. The second kappa shape index (κ2) is 7.13. The number of amides is 1. The number of hydrogen-bond acceptors (Lipinski definition) is 2. The summed E-state index contributed by atoms with van der Waals surface area (Å²) >= 11 is 8.94. The molecule has 26 heavy (non-hydrogen) atoms. The average Bonchev–Trinajstić information content (AvgIpc) is 3.06. The van der Waals surface area contributed by atoms with Crippen molar-refractivity contribution >= 4 is 39.1 Å². The predicted molar refractivity (Wildman–Crippen MR) is 96.1 cm³/mol. The number of alkyl halides is 3. The summed E-state index contributed by atoms with van der Waals surface area (Å²) < 4.78 is 40.2. The van der Waals surface area contributed by atoms with E-state index >= 15 is 0 Å². The molecule has 0 saturated heterocycles. The molecule has 1 aromatic heterocycles. The molecule has 9 heteroatoms. The van der Waals surface area contributed by atoms with Crippen molar-refractivity contribution in [3.05, 3.63) is 69.3 Å². The van der Waals surface area contributed by atoms with Gasteiger partial charge in [0.1, 0.15) is 5.69 Å². The van der Waals surface area contributed by atoms with Gasteiger partial charge in [-0.05, 0) is 36.4 Å². The highest BCUT2D eigenvalue weighted by atomic mass is 79.9. The van der Waals surface area contributed by atoms with Crippen molar-refractivity contribution in [3.63, 3.8) is 0 Å². The molecule has 0 unspecified atom stereocenters. The molecule has 3 aromatic rings. The van der Waals surface area contributed by atoms with Crippen molar-refractivity contribution in [2.75, 3.05) is 5.32 Å². The van der Waals surface area contributed by atoms with E-state index in [4.69, 9.17) is 11.6 Å². The van der Waals surface area contributed by atoms with Crippen LogP contribution in [0.25, 0.3) is 11.3 Å². The van der Waals surface area contributed by atoms with Gasteiger partial charge < -0.3 is 5.32 Å². The van der Waals surface area contributed by atoms with Gasteiger partial charge in [0.2, 0.25) is 0 Å². The maximum Gasteiger partial charge on any atom is 0.418 e. The van der Waals surface area contributed by atoms with Gasteiger partial charge in [0, 0.05) is 15.1 Å². The number of carbonyl (C=O) groups excluding carboxylic acids is 1. The van der Waals surface area contributed by atoms with Crippen molar-refractivity contribution < 1.29 is 18.0 Å². The summed E-state index contributed by atoms with van der Waals surface area (Å²) in [5.74, 6) is -0.742. The summed E-state index contributed by atoms with van der Waals surface area (Å²) in [4.78, 5) is 12.3. The smallest absolute Gasteiger partial charge is 0.320 e. The van der Waals surface area contributed by atoms with E-state index in [0.29, 0.717) is 5.69 Å². The van der Waals surface area contributed by atoms with Gasteiger partial charge in [-0.3, -0.25) is 9.89 Å². The molecule has 0 radical (unpaired) electrons. The van der Waals surface area contributed by atoms with E-state index < -0.39 is 17.6 Å². The standard InChI is InChI=1S/C17H10BrClF3N3O/c18-10-3-1-9(2-4-10)14-8-15(25-24-14)16(26)23-13-6-5-11(19)7-12(13)17(20,21)22/h1-8H,(H,23,26)(H,24,25). The molecule has 0 spiro atoms. The Kier molecular flexibility index (Phi) is 5.06. The topological polar surface area (TPSA) is 57.8 Å². The van der Waals surface area contributed by atoms with Crippen LogP contribution in [0.4, 0.5) is 18.9 Å². The van der Waals surface area contributed by atoms with E-state index in [9.17, 15) is 18.0 Å². The minimum Gasteiger partial charge on any atom is -0.320 e. The number of rotatable bonds is 3. The molecular weight excluding hydrogens is 435 g/mol. The molecule has 2 N–H and O–H groups in total. The van der Waals surface area contributed by atoms with Crippen LogP contribution in [0, 0.1) is 0 Å². The van der Waals surface area contributed by atoms with Gasteiger partial charge in [-0.25, -0.2) is 0 Å². The first kappa shape index (κ1) is 18.5. The molecule has 0 aliphatic rings. The average molecular weight is 445 g/mol. The molecule has 0 aliphatic carbocycles. The maximum absolute atomic E-state index is 13.1. The Hall–Kier alpha value is -2.32. The first-order valence-electron chi connectivity index (χ1n) is 7.23. The lowest BCUT2D eigenvalue weighted by Crippen LogP contribution is -2.17. The fourth-order valence-corrected chi connectivity index (χ4v) is 2.69. The third-order valence-electron chi connectivity index (χ3n) is 3.50. The lowest BCUT2D eigenvalue weighted by atomic mass is 10.1. The number of benzene rings is 2. The van der Waals surface area contributed by atoms with Gasteiger partial charge >= 0.3 is 6.18 Å². The third kappa shape index (κ3) is 4.08. The highest BCUT2D eigenvalue weighted by molar-refractivity contribution is 9.10. The summed E-state index contributed by atoms with van der Waals surface area (Å²) in [6.45, 7) is 0. The van der Waals surface area contributed by atoms with Crippen LogP contribution < -0.4 is 5.32 Å². The normalized spacial score (nSPS) is 11.4. The number of nitrogens with one attached hydrogen (secondary N) is 2. The number of aromatic amines is 1. The van der Waals surface area contributed by atoms with E-state index in [1.54, 1.807) is 12.1 Å². The monoisotopic (exact) mass is 443 g/mol. The highest BCUT2D eigenvalue weighted by Gasteiger charge is 2.34. The molecule has 0 aliphatic heterocycles. The van der Waals surface area contributed by atoms with E-state index in [1.165, 1.54) is 12.1 Å². The number of aromatic nitrogens is 2. The lowest BCUT2D eigenvalue weighted by Gasteiger charge is -2.13. The fraction of sp³-hybridized carbons (Fsp3) is 0.0588. The Bertz CT molecular complexity index is 955. The molecule has 0 fully saturated rings. The second-order valence-electron chi connectivity index (χ2n) is 5.32. The number of H-pyrrole nitrogens is 1. The van der Waals surface area contributed by atoms with Gasteiger partial charge in [0.15, 0.2) is 0 Å². The molecule has 1 heterocycles. The van der Waals surface area contributed by atoms with Gasteiger partial charge in [-0.2, -0.15) is 18.3 Å². The predicted octanol–water partition coefficient (Wildman–Crippen LogP) is 5.76. The molecule has 0 saturated carbocycles. The van der Waals surface area contributed by atoms with Crippen LogP contribution in [0.3, 0.4) is 0 Å². The Morgan fingerprint density at radius 1 is 1.12 bits per heavy atom. The van der Waals surface area contributed by atoms with Crippen molar-refractivity contribution in [1.29, 1.82) is 0 Å². The number of nitrogens with zero attached hydrogens (tertiary/aromatic N) is 1. The van der Waals surface area contributed by atoms with Crippen LogP contribution in [-0.4, -0.2) is 16.1 Å². The Morgan fingerprint density at radius 2 is 1.81 bits per heavy atom. The van der Waals surface area contributed by atoms with Gasteiger partial charge in [-0.1, -0.05) is 39.7 Å². The zero-order valence-corrected chi connectivity index (χ0v) is 15.2. The third-order valence-corrected chi connectivity index (χ3v) is 4.26. The zero-order chi connectivity index (χ0) is 18.9. The molecule has 0 atom stereocenters. The number of anilines is 1. The van der Waals surface area contributed by atoms with Crippen molar-refractivity contribution in [1.82, 2.24) is 10.2 Å². The van der Waals surface area contributed by atoms with E-state index in [1.807, 2.05) is 12.1 Å². The van der Waals surface area contributed by atoms with E-state index in [-0.39, 0.29) is 16.4 Å². The summed E-state index contributed by atoms with van der Waals surface area (Å²) in [6, 6.07) is 11.8. The summed E-state index contributed by atoms with van der Waals surface area (Å²) in [6.07, 6.45) is -4.65. The Balaban J connectivity index is 1.85. The van der Waals surface area contributed by atoms with Crippen LogP contribution in [0.5, 0.6) is 0 Å². The number of halogens is 5. The summed E-state index contributed by atoms with van der Waals surface area (Å²) in [5.41, 5.74) is -0.121. The van der Waals surface area contributed by atoms with Crippen LogP contribution >= 0.6 is 27.5 Å². The highest BCUT2D eigenvalue weighted by Crippen LogP contribution is 2.36. The van der Waals surface area contributed by atoms with Crippen LogP contribution in [0.15, 0.2) is 53.0 Å². The van der Waals surface area contributed by atoms with Crippen LogP contribution in [0.1, 0.15) is 16.1 Å². The molecule has 2 aromatic carbocycles. The number of hydrogen-bond donors (Lipinski definition) is 2. The fourth-order valence-electron chi connectivity index (χ4n) is 2.26. The minimum absolute atomic E-state index is 0.0333. The molecular formula is C17H10BrClF3N3O. The maximum atomic E-state index is 13.1. The van der Waals surface area contributed by atoms with Crippen molar-refractivity contribution in [2.24, 2.45) is 0 Å². The number of carbonyl (C=O) groups is 1. The molecule has 1 amide bonds. The van der Waals surface area contributed by atoms with Crippen LogP contribution in [-0.2, 0) is 6.18 Å². The first-order valence-corrected chi connectivity index (χ1v) is 8.40. The minimum atomic E-state index is -4.65. The van der Waals surface area contributed by atoms with Gasteiger partial charge in [-0.15, -0.1) is 0 Å². The SMILES string of the molecule is O=C(Nc1ccc(Cl)cc1C(F)(F)F)c1cc(-c2ccc(Br)cc2)n[nH]1. The molecule has 4 nitrogen and oxygen atoms in total. The molecule has 3 rings (SSSR count). The Morgan fingerprint density at radius 3 is 2.46 bits per heavy atom. The van der Waals surface area contributed by atoms with Crippen molar-refractivity contribution in [2.45, 2.75) is 6.18 Å². The largest absolute Gasteiger partial charge is 0.418 e. The summed E-state index contributed by atoms with van der Waals surface area (Å²) in [7, 11) is 0.